The first-order chi connectivity index (χ1) is 11.7. The van der Waals surface area contributed by atoms with Crippen LogP contribution in [-0.4, -0.2) is 38.5 Å². The molecule has 0 unspecified atom stereocenters. The highest BCUT2D eigenvalue weighted by Gasteiger charge is 2.08. The van der Waals surface area contributed by atoms with Gasteiger partial charge in [-0.2, -0.15) is 0 Å². The number of aliphatic imine (C=N–C) groups is 1. The summed E-state index contributed by atoms with van der Waals surface area (Å²) in [7, 11) is 1.70. The zero-order valence-corrected chi connectivity index (χ0v) is 17.0. The minimum absolute atomic E-state index is 0. The Hall–Kier alpha value is -1.74. The second-order valence-electron chi connectivity index (χ2n) is 4.99. The highest BCUT2D eigenvalue weighted by Crippen LogP contribution is 2.14. The van der Waals surface area contributed by atoms with Gasteiger partial charge >= 0.3 is 0 Å². The second-order valence-corrected chi connectivity index (χ2v) is 5.40. The van der Waals surface area contributed by atoms with Crippen LogP contribution in [0.5, 0.6) is 0 Å². The fourth-order valence-electron chi connectivity index (χ4n) is 2.08. The average molecular weight is 477 g/mol. The number of halogens is 2. The lowest BCUT2D eigenvalue weighted by atomic mass is 10.2. The Labute approximate surface area is 169 Å². The Morgan fingerprint density at radius 1 is 1.08 bits per heavy atom. The molecule has 136 valence electrons. The van der Waals surface area contributed by atoms with Crippen molar-refractivity contribution in [3.63, 3.8) is 0 Å². The number of guanidine groups is 1. The second kappa shape index (κ2) is 11.8. The van der Waals surface area contributed by atoms with E-state index in [1.54, 1.807) is 37.6 Å². The average Bonchev–Trinajstić information content (AvgIpc) is 3.10. The van der Waals surface area contributed by atoms with Crippen molar-refractivity contribution < 1.29 is 9.21 Å². The van der Waals surface area contributed by atoms with Crippen LogP contribution in [0.4, 0.5) is 0 Å². The minimum atomic E-state index is -0.192. The van der Waals surface area contributed by atoms with E-state index in [0.29, 0.717) is 36.2 Å². The van der Waals surface area contributed by atoms with Crippen molar-refractivity contribution in [1.82, 2.24) is 16.0 Å². The molecule has 1 aromatic carbocycles. The molecule has 0 spiro atoms. The van der Waals surface area contributed by atoms with Gasteiger partial charge in [-0.25, -0.2) is 0 Å². The van der Waals surface area contributed by atoms with Crippen molar-refractivity contribution in [1.29, 1.82) is 0 Å². The van der Waals surface area contributed by atoms with Gasteiger partial charge in [-0.15, -0.1) is 24.0 Å². The first-order valence-corrected chi connectivity index (χ1v) is 8.08. The summed E-state index contributed by atoms with van der Waals surface area (Å²) in [6, 6.07) is 10.8. The van der Waals surface area contributed by atoms with Gasteiger partial charge in [0.05, 0.1) is 16.8 Å². The van der Waals surface area contributed by atoms with Gasteiger partial charge in [-0.05, 0) is 24.3 Å². The number of hydrogen-bond acceptors (Lipinski definition) is 3. The van der Waals surface area contributed by atoms with E-state index in [1.807, 2.05) is 12.1 Å². The number of furan rings is 1. The van der Waals surface area contributed by atoms with E-state index in [4.69, 9.17) is 16.0 Å². The Kier molecular flexibility index (Phi) is 10.0. The SMILES string of the molecule is CN=C(NCCNC(=O)c1ccccc1Cl)NCCc1ccco1.I. The molecule has 0 aliphatic rings. The summed E-state index contributed by atoms with van der Waals surface area (Å²) >= 11 is 5.99. The van der Waals surface area contributed by atoms with Crippen LogP contribution in [0.1, 0.15) is 16.1 Å². The lowest BCUT2D eigenvalue weighted by Gasteiger charge is -2.12. The Morgan fingerprint density at radius 3 is 2.48 bits per heavy atom. The molecule has 0 saturated carbocycles. The van der Waals surface area contributed by atoms with Crippen molar-refractivity contribution in [3.05, 3.63) is 59.0 Å². The van der Waals surface area contributed by atoms with Gasteiger partial charge in [0.1, 0.15) is 5.76 Å². The van der Waals surface area contributed by atoms with Crippen LogP contribution in [0.25, 0.3) is 0 Å². The summed E-state index contributed by atoms with van der Waals surface area (Å²) < 4.78 is 5.27. The molecule has 0 radical (unpaired) electrons. The van der Waals surface area contributed by atoms with Crippen LogP contribution >= 0.6 is 35.6 Å². The molecular weight excluding hydrogens is 455 g/mol. The van der Waals surface area contributed by atoms with Crippen molar-refractivity contribution in [3.8, 4) is 0 Å². The van der Waals surface area contributed by atoms with Crippen LogP contribution in [0.3, 0.4) is 0 Å². The van der Waals surface area contributed by atoms with E-state index >= 15 is 0 Å². The van der Waals surface area contributed by atoms with E-state index in [1.165, 1.54) is 0 Å². The van der Waals surface area contributed by atoms with Gasteiger partial charge in [0, 0.05) is 33.1 Å². The Bertz CT molecular complexity index is 677. The molecule has 6 nitrogen and oxygen atoms in total. The monoisotopic (exact) mass is 476 g/mol. The maximum Gasteiger partial charge on any atom is 0.252 e. The molecular formula is C17H22ClIN4O2. The van der Waals surface area contributed by atoms with Crippen LogP contribution < -0.4 is 16.0 Å². The van der Waals surface area contributed by atoms with E-state index in [-0.39, 0.29) is 29.9 Å². The highest BCUT2D eigenvalue weighted by molar-refractivity contribution is 14.0. The number of amides is 1. The van der Waals surface area contributed by atoms with Gasteiger partial charge < -0.3 is 20.4 Å². The van der Waals surface area contributed by atoms with Crippen molar-refractivity contribution >= 4 is 47.4 Å². The number of carbonyl (C=O) groups is 1. The third-order valence-corrected chi connectivity index (χ3v) is 3.62. The first kappa shape index (κ1) is 21.3. The topological polar surface area (TPSA) is 78.7 Å². The summed E-state index contributed by atoms with van der Waals surface area (Å²) in [4.78, 5) is 16.1. The van der Waals surface area contributed by atoms with Gasteiger partial charge in [-0.1, -0.05) is 23.7 Å². The van der Waals surface area contributed by atoms with E-state index in [0.717, 1.165) is 12.2 Å². The number of benzene rings is 1. The molecule has 2 aromatic rings. The van der Waals surface area contributed by atoms with Crippen LogP contribution in [0.2, 0.25) is 5.02 Å². The molecule has 0 aliphatic carbocycles. The summed E-state index contributed by atoms with van der Waals surface area (Å²) in [5, 5.41) is 9.57. The quantitative estimate of drug-likeness (QED) is 0.248. The normalized spacial score (nSPS) is 10.7. The molecule has 1 amide bonds. The fourth-order valence-corrected chi connectivity index (χ4v) is 2.30. The predicted molar refractivity (Wildman–Crippen MR) is 111 cm³/mol. The maximum atomic E-state index is 12.0. The summed E-state index contributed by atoms with van der Waals surface area (Å²) in [5.74, 6) is 1.40. The highest BCUT2D eigenvalue weighted by atomic mass is 127. The van der Waals surface area contributed by atoms with E-state index in [2.05, 4.69) is 20.9 Å². The molecule has 1 heterocycles. The lowest BCUT2D eigenvalue weighted by Crippen LogP contribution is -2.42. The van der Waals surface area contributed by atoms with Gasteiger partial charge in [0.2, 0.25) is 0 Å². The summed E-state index contributed by atoms with van der Waals surface area (Å²) in [6.07, 6.45) is 2.43. The standard InChI is InChI=1S/C17H21ClN4O2.HI/c1-19-17(21-9-8-13-5-4-12-24-13)22-11-10-20-16(23)14-6-2-3-7-15(14)18;/h2-7,12H,8-11H2,1H3,(H,20,23)(H2,19,21,22);1H. The van der Waals surface area contributed by atoms with Crippen LogP contribution in [0.15, 0.2) is 52.1 Å². The summed E-state index contributed by atoms with van der Waals surface area (Å²) in [5.41, 5.74) is 0.472. The third kappa shape index (κ3) is 7.35. The maximum absolute atomic E-state index is 12.0. The van der Waals surface area contributed by atoms with Crippen molar-refractivity contribution in [2.75, 3.05) is 26.7 Å². The zero-order valence-electron chi connectivity index (χ0n) is 13.9. The van der Waals surface area contributed by atoms with Crippen LogP contribution in [-0.2, 0) is 6.42 Å². The predicted octanol–water partition coefficient (Wildman–Crippen LogP) is 2.69. The number of nitrogens with one attached hydrogen (secondary N) is 3. The van der Waals surface area contributed by atoms with Crippen molar-refractivity contribution in [2.45, 2.75) is 6.42 Å². The largest absolute Gasteiger partial charge is 0.469 e. The third-order valence-electron chi connectivity index (χ3n) is 3.29. The minimum Gasteiger partial charge on any atom is -0.469 e. The number of carbonyl (C=O) groups excluding carboxylic acids is 1. The van der Waals surface area contributed by atoms with Gasteiger partial charge in [-0.3, -0.25) is 9.79 Å². The van der Waals surface area contributed by atoms with Crippen LogP contribution in [0, 0.1) is 0 Å². The Balaban J connectivity index is 0.00000312. The molecule has 3 N–H and O–H groups in total. The molecule has 0 saturated heterocycles. The molecule has 25 heavy (non-hydrogen) atoms. The molecule has 8 heteroatoms. The number of hydrogen-bond donors (Lipinski definition) is 3. The molecule has 1 aromatic heterocycles. The first-order valence-electron chi connectivity index (χ1n) is 7.70. The molecule has 0 aliphatic heterocycles. The number of nitrogens with zero attached hydrogens (tertiary/aromatic N) is 1. The van der Waals surface area contributed by atoms with Crippen molar-refractivity contribution in [2.24, 2.45) is 4.99 Å². The molecule has 2 rings (SSSR count). The fraction of sp³-hybridized carbons (Fsp3) is 0.294. The Morgan fingerprint density at radius 2 is 1.80 bits per heavy atom. The summed E-state index contributed by atoms with van der Waals surface area (Å²) in [6.45, 7) is 1.72. The van der Waals surface area contributed by atoms with Gasteiger partial charge in [0.25, 0.3) is 5.91 Å². The van der Waals surface area contributed by atoms with E-state index in [9.17, 15) is 4.79 Å². The number of rotatable bonds is 7. The smallest absolute Gasteiger partial charge is 0.252 e. The molecule has 0 atom stereocenters. The van der Waals surface area contributed by atoms with Gasteiger partial charge in [0.15, 0.2) is 5.96 Å². The molecule has 0 bridgehead atoms. The zero-order chi connectivity index (χ0) is 17.2. The van der Waals surface area contributed by atoms with E-state index < -0.39 is 0 Å². The molecule has 0 fully saturated rings. The lowest BCUT2D eigenvalue weighted by molar-refractivity contribution is 0.0954.